The molecule has 2 aromatic carbocycles. The molecule has 112 valence electrons. The van der Waals surface area contributed by atoms with Gasteiger partial charge in [-0.15, -0.1) is 0 Å². The van der Waals surface area contributed by atoms with Crippen LogP contribution in [0.5, 0.6) is 0 Å². The zero-order valence-corrected chi connectivity index (χ0v) is 14.6. The van der Waals surface area contributed by atoms with Crippen molar-refractivity contribution >= 4 is 23.2 Å². The molecule has 0 nitrogen and oxygen atoms in total. The van der Waals surface area contributed by atoms with E-state index in [4.69, 9.17) is 23.2 Å². The van der Waals surface area contributed by atoms with Crippen molar-refractivity contribution in [2.45, 2.75) is 46.0 Å². The highest BCUT2D eigenvalue weighted by Crippen LogP contribution is 2.33. The minimum absolute atomic E-state index is 0.337. The molecule has 0 aliphatic carbocycles. The molecule has 0 aliphatic heterocycles. The number of rotatable bonds is 4. The predicted octanol–water partition coefficient (Wildman–Crippen LogP) is 6.83. The molecule has 2 aromatic rings. The maximum absolute atomic E-state index is 6.38. The Balaban J connectivity index is 2.24. The standard InChI is InChI=1S/C19H22Cl2/c1-12(2)16-7-5-14(6-8-16)9-15-10-17(20)19(13(3)4)18(21)11-15/h5-8,10-13H,9H2,1-4H3. The molecular formula is C19H22Cl2. The monoisotopic (exact) mass is 320 g/mol. The number of hydrogen-bond donors (Lipinski definition) is 0. The van der Waals surface area contributed by atoms with Crippen molar-refractivity contribution in [2.75, 3.05) is 0 Å². The Morgan fingerprint density at radius 1 is 0.762 bits per heavy atom. The fourth-order valence-corrected chi connectivity index (χ4v) is 3.52. The summed E-state index contributed by atoms with van der Waals surface area (Å²) in [7, 11) is 0. The molecule has 0 unspecified atom stereocenters. The highest BCUT2D eigenvalue weighted by atomic mass is 35.5. The van der Waals surface area contributed by atoms with Gasteiger partial charge in [0.1, 0.15) is 0 Å². The summed E-state index contributed by atoms with van der Waals surface area (Å²) < 4.78 is 0. The first-order valence-electron chi connectivity index (χ1n) is 7.45. The summed E-state index contributed by atoms with van der Waals surface area (Å²) in [4.78, 5) is 0. The maximum atomic E-state index is 6.38. The fraction of sp³-hybridized carbons (Fsp3) is 0.368. The van der Waals surface area contributed by atoms with Crippen LogP contribution in [0.1, 0.15) is 61.8 Å². The topological polar surface area (TPSA) is 0 Å². The van der Waals surface area contributed by atoms with Crippen molar-refractivity contribution in [1.29, 1.82) is 0 Å². The molecule has 0 atom stereocenters. The summed E-state index contributed by atoms with van der Waals surface area (Å²) in [6, 6.07) is 12.9. The number of hydrogen-bond acceptors (Lipinski definition) is 0. The molecule has 0 aromatic heterocycles. The van der Waals surface area contributed by atoms with E-state index in [0.29, 0.717) is 11.8 Å². The van der Waals surface area contributed by atoms with Gasteiger partial charge in [0.05, 0.1) is 0 Å². The summed E-state index contributed by atoms with van der Waals surface area (Å²) in [6.07, 6.45) is 0.857. The van der Waals surface area contributed by atoms with Crippen LogP contribution in [0.25, 0.3) is 0 Å². The zero-order chi connectivity index (χ0) is 15.6. The number of halogens is 2. The summed E-state index contributed by atoms with van der Waals surface area (Å²) in [5, 5.41) is 1.54. The van der Waals surface area contributed by atoms with E-state index in [2.05, 4.69) is 52.0 Å². The van der Waals surface area contributed by atoms with Crippen LogP contribution in [0, 0.1) is 0 Å². The normalized spacial score (nSPS) is 11.4. The molecule has 2 heteroatoms. The predicted molar refractivity (Wildman–Crippen MR) is 93.9 cm³/mol. The first kappa shape index (κ1) is 16.4. The van der Waals surface area contributed by atoms with E-state index in [1.807, 2.05) is 12.1 Å². The lowest BCUT2D eigenvalue weighted by Crippen LogP contribution is -1.95. The van der Waals surface area contributed by atoms with Crippen molar-refractivity contribution in [3.63, 3.8) is 0 Å². The average Bonchev–Trinajstić information content (AvgIpc) is 2.37. The SMILES string of the molecule is CC(C)c1ccc(Cc2cc(Cl)c(C(C)C)c(Cl)c2)cc1. The molecule has 0 saturated heterocycles. The third kappa shape index (κ3) is 4.02. The van der Waals surface area contributed by atoms with Gasteiger partial charge in [0.25, 0.3) is 0 Å². The molecule has 2 rings (SSSR count). The molecule has 21 heavy (non-hydrogen) atoms. The lowest BCUT2D eigenvalue weighted by atomic mass is 9.96. The largest absolute Gasteiger partial charge is 0.0840 e. The molecule has 0 saturated carbocycles. The Kier molecular flexibility index (Phi) is 5.35. The fourth-order valence-electron chi connectivity index (χ4n) is 2.55. The Bertz CT molecular complexity index is 587. The molecule has 0 aliphatic rings. The first-order valence-corrected chi connectivity index (χ1v) is 8.20. The van der Waals surface area contributed by atoms with Gasteiger partial charge >= 0.3 is 0 Å². The number of benzene rings is 2. The summed E-state index contributed by atoms with van der Waals surface area (Å²) in [6.45, 7) is 8.63. The van der Waals surface area contributed by atoms with E-state index in [0.717, 1.165) is 27.6 Å². The molecular weight excluding hydrogens is 299 g/mol. The van der Waals surface area contributed by atoms with Crippen molar-refractivity contribution in [2.24, 2.45) is 0 Å². The van der Waals surface area contributed by atoms with E-state index in [1.165, 1.54) is 11.1 Å². The second-order valence-corrected chi connectivity index (χ2v) is 7.02. The molecule has 0 N–H and O–H groups in total. The lowest BCUT2D eigenvalue weighted by Gasteiger charge is -2.13. The van der Waals surface area contributed by atoms with Crippen LogP contribution in [0.3, 0.4) is 0 Å². The van der Waals surface area contributed by atoms with Gasteiger partial charge in [0.2, 0.25) is 0 Å². The van der Waals surface area contributed by atoms with Crippen molar-refractivity contribution < 1.29 is 0 Å². The Morgan fingerprint density at radius 3 is 1.71 bits per heavy atom. The van der Waals surface area contributed by atoms with Gasteiger partial charge < -0.3 is 0 Å². The quantitative estimate of drug-likeness (QED) is 0.579. The van der Waals surface area contributed by atoms with E-state index in [1.54, 1.807) is 0 Å². The van der Waals surface area contributed by atoms with Crippen LogP contribution in [0.2, 0.25) is 10.0 Å². The highest BCUT2D eigenvalue weighted by Gasteiger charge is 2.12. The molecule has 0 heterocycles. The Hall–Kier alpha value is -0.980. The van der Waals surface area contributed by atoms with Crippen molar-refractivity contribution in [3.8, 4) is 0 Å². The maximum Gasteiger partial charge on any atom is 0.0458 e. The summed E-state index contributed by atoms with van der Waals surface area (Å²) in [5.41, 5.74) is 4.85. The van der Waals surface area contributed by atoms with E-state index in [9.17, 15) is 0 Å². The Labute approximate surface area is 138 Å². The van der Waals surface area contributed by atoms with Gasteiger partial charge in [-0.3, -0.25) is 0 Å². The van der Waals surface area contributed by atoms with Crippen molar-refractivity contribution in [1.82, 2.24) is 0 Å². The van der Waals surface area contributed by atoms with Gasteiger partial charge in [-0.05, 0) is 52.6 Å². The summed E-state index contributed by atoms with van der Waals surface area (Å²) >= 11 is 12.8. The van der Waals surface area contributed by atoms with Crippen LogP contribution in [-0.2, 0) is 6.42 Å². The molecule has 0 radical (unpaired) electrons. The third-order valence-corrected chi connectivity index (χ3v) is 4.40. The van der Waals surface area contributed by atoms with E-state index >= 15 is 0 Å². The zero-order valence-electron chi connectivity index (χ0n) is 13.1. The van der Waals surface area contributed by atoms with Crippen molar-refractivity contribution in [3.05, 3.63) is 68.7 Å². The highest BCUT2D eigenvalue weighted by molar-refractivity contribution is 6.36. The van der Waals surface area contributed by atoms with Gasteiger partial charge in [-0.1, -0.05) is 75.2 Å². The second-order valence-electron chi connectivity index (χ2n) is 6.20. The van der Waals surface area contributed by atoms with Crippen LogP contribution >= 0.6 is 23.2 Å². The first-order chi connectivity index (χ1) is 9.88. The average molecular weight is 321 g/mol. The van der Waals surface area contributed by atoms with Gasteiger partial charge in [-0.25, -0.2) is 0 Å². The van der Waals surface area contributed by atoms with Gasteiger partial charge in [0.15, 0.2) is 0 Å². The summed E-state index contributed by atoms with van der Waals surface area (Å²) in [5.74, 6) is 0.901. The van der Waals surface area contributed by atoms with Crippen LogP contribution in [0.15, 0.2) is 36.4 Å². The minimum Gasteiger partial charge on any atom is -0.0840 e. The Morgan fingerprint density at radius 2 is 1.29 bits per heavy atom. The second kappa shape index (κ2) is 6.85. The molecule has 0 spiro atoms. The van der Waals surface area contributed by atoms with E-state index < -0.39 is 0 Å². The lowest BCUT2D eigenvalue weighted by molar-refractivity contribution is 0.864. The van der Waals surface area contributed by atoms with Crippen LogP contribution in [0.4, 0.5) is 0 Å². The molecule has 0 fully saturated rings. The van der Waals surface area contributed by atoms with Gasteiger partial charge in [-0.2, -0.15) is 0 Å². The third-order valence-electron chi connectivity index (χ3n) is 3.77. The smallest absolute Gasteiger partial charge is 0.0458 e. The van der Waals surface area contributed by atoms with Gasteiger partial charge in [0, 0.05) is 10.0 Å². The minimum atomic E-state index is 0.337. The van der Waals surface area contributed by atoms with Crippen LogP contribution in [-0.4, -0.2) is 0 Å². The molecule has 0 amide bonds. The molecule has 0 bridgehead atoms. The van der Waals surface area contributed by atoms with Crippen LogP contribution < -0.4 is 0 Å². The van der Waals surface area contributed by atoms with E-state index in [-0.39, 0.29) is 0 Å².